The summed E-state index contributed by atoms with van der Waals surface area (Å²) in [6.45, 7) is 1.21. The summed E-state index contributed by atoms with van der Waals surface area (Å²) in [5.41, 5.74) is 9.11. The van der Waals surface area contributed by atoms with Crippen LogP contribution >= 0.6 is 0 Å². The molecule has 0 saturated carbocycles. The van der Waals surface area contributed by atoms with E-state index in [1.54, 1.807) is 0 Å². The standard InChI is InChI=1S/C23H20N2O2/c1-2-4-16(5-3-1)17-6-8-18(9-7-17)20-15-21(25-24-20)19-10-11-22-23(14-19)27-13-12-26-22/h1-11,14,21,25H,12-13,15H2. The first kappa shape index (κ1) is 15.9. The second-order valence-corrected chi connectivity index (χ2v) is 6.79. The van der Waals surface area contributed by atoms with Gasteiger partial charge in [0.25, 0.3) is 0 Å². The maximum atomic E-state index is 5.70. The smallest absolute Gasteiger partial charge is 0.161 e. The van der Waals surface area contributed by atoms with Crippen LogP contribution in [-0.4, -0.2) is 18.9 Å². The zero-order valence-corrected chi connectivity index (χ0v) is 14.9. The molecule has 5 rings (SSSR count). The van der Waals surface area contributed by atoms with Crippen LogP contribution in [0.25, 0.3) is 11.1 Å². The molecular weight excluding hydrogens is 336 g/mol. The van der Waals surface area contributed by atoms with Gasteiger partial charge in [0.1, 0.15) is 13.2 Å². The van der Waals surface area contributed by atoms with Crippen LogP contribution in [0.1, 0.15) is 23.6 Å². The molecule has 2 heterocycles. The Labute approximate surface area is 158 Å². The van der Waals surface area contributed by atoms with Gasteiger partial charge in [0.05, 0.1) is 11.8 Å². The highest BCUT2D eigenvalue weighted by Gasteiger charge is 2.23. The fourth-order valence-corrected chi connectivity index (χ4v) is 3.58. The minimum Gasteiger partial charge on any atom is -0.486 e. The van der Waals surface area contributed by atoms with Gasteiger partial charge in [0.15, 0.2) is 11.5 Å². The fraction of sp³-hybridized carbons (Fsp3) is 0.174. The summed E-state index contributed by atoms with van der Waals surface area (Å²) in [6.07, 6.45) is 0.852. The first-order valence-corrected chi connectivity index (χ1v) is 9.24. The zero-order chi connectivity index (χ0) is 18.1. The summed E-state index contributed by atoms with van der Waals surface area (Å²) in [7, 11) is 0. The molecule has 1 N–H and O–H groups in total. The summed E-state index contributed by atoms with van der Waals surface area (Å²) in [4.78, 5) is 0. The highest BCUT2D eigenvalue weighted by atomic mass is 16.6. The second kappa shape index (κ2) is 6.80. The van der Waals surface area contributed by atoms with E-state index in [-0.39, 0.29) is 6.04 Å². The molecule has 0 saturated heterocycles. The Morgan fingerprint density at radius 1 is 0.741 bits per heavy atom. The van der Waals surface area contributed by atoms with Crippen LogP contribution in [0.4, 0.5) is 0 Å². The maximum absolute atomic E-state index is 5.70. The number of hydrogen-bond acceptors (Lipinski definition) is 4. The topological polar surface area (TPSA) is 42.9 Å². The Balaban J connectivity index is 1.32. The van der Waals surface area contributed by atoms with Crippen LogP contribution in [0.15, 0.2) is 77.9 Å². The Morgan fingerprint density at radius 2 is 1.44 bits per heavy atom. The van der Waals surface area contributed by atoms with Gasteiger partial charge in [-0.1, -0.05) is 60.7 Å². The number of rotatable bonds is 3. The van der Waals surface area contributed by atoms with Gasteiger partial charge in [0, 0.05) is 6.42 Å². The normalized spacial score (nSPS) is 17.9. The molecule has 0 radical (unpaired) electrons. The van der Waals surface area contributed by atoms with E-state index < -0.39 is 0 Å². The first-order chi connectivity index (χ1) is 13.4. The van der Waals surface area contributed by atoms with Crippen molar-refractivity contribution < 1.29 is 9.47 Å². The van der Waals surface area contributed by atoms with Crippen molar-refractivity contribution >= 4 is 5.71 Å². The van der Waals surface area contributed by atoms with Crippen LogP contribution in [-0.2, 0) is 0 Å². The van der Waals surface area contributed by atoms with E-state index in [0.717, 1.165) is 29.2 Å². The zero-order valence-electron chi connectivity index (χ0n) is 14.9. The van der Waals surface area contributed by atoms with Crippen LogP contribution in [0, 0.1) is 0 Å². The van der Waals surface area contributed by atoms with Crippen molar-refractivity contribution in [1.29, 1.82) is 0 Å². The number of hydrogen-bond donors (Lipinski definition) is 1. The number of benzene rings is 3. The lowest BCUT2D eigenvalue weighted by atomic mass is 9.97. The molecule has 0 amide bonds. The van der Waals surface area contributed by atoms with E-state index in [4.69, 9.17) is 9.47 Å². The van der Waals surface area contributed by atoms with Crippen molar-refractivity contribution in [3.63, 3.8) is 0 Å². The van der Waals surface area contributed by atoms with Crippen molar-refractivity contribution in [2.24, 2.45) is 5.10 Å². The lowest BCUT2D eigenvalue weighted by Gasteiger charge is -2.20. The number of ether oxygens (including phenoxy) is 2. The number of hydrazone groups is 1. The van der Waals surface area contributed by atoms with Crippen molar-refractivity contribution in [2.75, 3.05) is 13.2 Å². The van der Waals surface area contributed by atoms with Crippen molar-refractivity contribution in [3.8, 4) is 22.6 Å². The van der Waals surface area contributed by atoms with Crippen LogP contribution in [0.3, 0.4) is 0 Å². The molecule has 3 aromatic carbocycles. The molecule has 2 aliphatic heterocycles. The van der Waals surface area contributed by atoms with E-state index in [2.05, 4.69) is 71.2 Å². The fourth-order valence-electron chi connectivity index (χ4n) is 3.58. The summed E-state index contributed by atoms with van der Waals surface area (Å²) in [5.74, 6) is 1.64. The van der Waals surface area contributed by atoms with Gasteiger partial charge < -0.3 is 14.9 Å². The molecule has 134 valence electrons. The van der Waals surface area contributed by atoms with Crippen LogP contribution in [0.5, 0.6) is 11.5 Å². The van der Waals surface area contributed by atoms with Crippen LogP contribution < -0.4 is 14.9 Å². The average molecular weight is 356 g/mol. The predicted octanol–water partition coefficient (Wildman–Crippen LogP) is 4.56. The minimum absolute atomic E-state index is 0.157. The third kappa shape index (κ3) is 3.14. The van der Waals surface area contributed by atoms with Gasteiger partial charge in [-0.15, -0.1) is 0 Å². The number of nitrogens with zero attached hydrogens (tertiary/aromatic N) is 1. The van der Waals surface area contributed by atoms with Gasteiger partial charge in [-0.25, -0.2) is 0 Å². The third-order valence-corrected chi connectivity index (χ3v) is 5.05. The molecule has 0 spiro atoms. The highest BCUT2D eigenvalue weighted by Crippen LogP contribution is 2.35. The monoisotopic (exact) mass is 356 g/mol. The Kier molecular flexibility index (Phi) is 4.02. The van der Waals surface area contributed by atoms with Crippen LogP contribution in [0.2, 0.25) is 0 Å². The molecule has 3 aromatic rings. The SMILES string of the molecule is c1ccc(-c2ccc(C3=NNC(c4ccc5c(c4)OCCO5)C3)cc2)cc1. The molecule has 0 aromatic heterocycles. The van der Waals surface area contributed by atoms with Gasteiger partial charge in [-0.2, -0.15) is 5.10 Å². The van der Waals surface area contributed by atoms with Gasteiger partial charge >= 0.3 is 0 Å². The lowest BCUT2D eigenvalue weighted by Crippen LogP contribution is -2.16. The molecule has 0 bridgehead atoms. The molecule has 27 heavy (non-hydrogen) atoms. The Bertz CT molecular complexity index is 981. The Morgan fingerprint density at radius 3 is 2.26 bits per heavy atom. The summed E-state index contributed by atoms with van der Waals surface area (Å²) in [5, 5.41) is 4.57. The first-order valence-electron chi connectivity index (χ1n) is 9.24. The highest BCUT2D eigenvalue weighted by molar-refractivity contribution is 6.02. The second-order valence-electron chi connectivity index (χ2n) is 6.79. The van der Waals surface area contributed by atoms with Crippen molar-refractivity contribution in [2.45, 2.75) is 12.5 Å². The Hall–Kier alpha value is -3.27. The maximum Gasteiger partial charge on any atom is 0.161 e. The van der Waals surface area contributed by atoms with Crippen molar-refractivity contribution in [1.82, 2.24) is 5.43 Å². The molecule has 1 atom stereocenters. The van der Waals surface area contributed by atoms with E-state index in [0.29, 0.717) is 13.2 Å². The molecule has 2 aliphatic rings. The average Bonchev–Trinajstić information content (AvgIpc) is 3.24. The van der Waals surface area contributed by atoms with Gasteiger partial charge in [-0.05, 0) is 34.4 Å². The van der Waals surface area contributed by atoms with Crippen molar-refractivity contribution in [3.05, 3.63) is 83.9 Å². The largest absolute Gasteiger partial charge is 0.486 e. The van der Waals surface area contributed by atoms with E-state index in [9.17, 15) is 0 Å². The lowest BCUT2D eigenvalue weighted by molar-refractivity contribution is 0.171. The van der Waals surface area contributed by atoms with Gasteiger partial charge in [0.2, 0.25) is 0 Å². The summed E-state index contributed by atoms with van der Waals surface area (Å²) >= 11 is 0. The molecule has 4 nitrogen and oxygen atoms in total. The molecule has 1 unspecified atom stereocenters. The number of fused-ring (bicyclic) bond motifs is 1. The van der Waals surface area contributed by atoms with E-state index in [1.807, 2.05) is 12.1 Å². The van der Waals surface area contributed by atoms with E-state index >= 15 is 0 Å². The molecule has 4 heteroatoms. The quantitative estimate of drug-likeness (QED) is 0.748. The molecule has 0 fully saturated rings. The predicted molar refractivity (Wildman–Crippen MR) is 106 cm³/mol. The molecular formula is C23H20N2O2. The molecule has 0 aliphatic carbocycles. The van der Waals surface area contributed by atoms with E-state index in [1.165, 1.54) is 16.7 Å². The van der Waals surface area contributed by atoms with Gasteiger partial charge in [-0.3, -0.25) is 0 Å². The third-order valence-electron chi connectivity index (χ3n) is 5.05. The number of nitrogens with one attached hydrogen (secondary N) is 1. The summed E-state index contributed by atoms with van der Waals surface area (Å²) < 4.78 is 11.3. The summed E-state index contributed by atoms with van der Waals surface area (Å²) in [6, 6.07) is 25.3. The minimum atomic E-state index is 0.157.